The van der Waals surface area contributed by atoms with E-state index >= 15 is 0 Å². The summed E-state index contributed by atoms with van der Waals surface area (Å²) in [4.78, 5) is 57.4. The third-order valence-corrected chi connectivity index (χ3v) is 4.90. The van der Waals surface area contributed by atoms with Crippen LogP contribution in [0.15, 0.2) is 76.7 Å². The summed E-state index contributed by atoms with van der Waals surface area (Å²) < 4.78 is 2.49. The summed E-state index contributed by atoms with van der Waals surface area (Å²) in [6.45, 7) is 1.37. The fraction of sp³-hybridized carbons (Fsp3) is 0.130. The Morgan fingerprint density at radius 3 is 2.50 bits per heavy atom. The molecule has 160 valence electrons. The van der Waals surface area contributed by atoms with Crippen LogP contribution in [0, 0.1) is 0 Å². The fourth-order valence-electron chi connectivity index (χ4n) is 3.30. The van der Waals surface area contributed by atoms with Gasteiger partial charge in [-0.2, -0.15) is 4.98 Å². The van der Waals surface area contributed by atoms with Gasteiger partial charge in [-0.15, -0.1) is 0 Å². The van der Waals surface area contributed by atoms with Crippen molar-refractivity contribution in [3.05, 3.63) is 99.1 Å². The van der Waals surface area contributed by atoms with E-state index in [1.807, 2.05) is 0 Å². The number of carbonyl (C=O) groups is 2. The fourth-order valence-corrected chi connectivity index (χ4v) is 3.30. The Kier molecular flexibility index (Phi) is 5.71. The third-order valence-electron chi connectivity index (χ3n) is 4.90. The highest BCUT2D eigenvalue weighted by Crippen LogP contribution is 2.14. The molecule has 0 saturated carbocycles. The molecule has 0 unspecified atom stereocenters. The Labute approximate surface area is 182 Å². The Bertz CT molecular complexity index is 1370. The molecule has 9 heteroatoms. The number of rotatable bonds is 6. The van der Waals surface area contributed by atoms with Crippen molar-refractivity contribution in [1.82, 2.24) is 19.1 Å². The summed E-state index contributed by atoms with van der Waals surface area (Å²) in [5.74, 6) is -0.304. The molecule has 0 radical (unpaired) electrons. The van der Waals surface area contributed by atoms with Crippen LogP contribution >= 0.6 is 0 Å². The summed E-state index contributed by atoms with van der Waals surface area (Å²) in [6, 6.07) is 13.2. The molecule has 0 atom stereocenters. The van der Waals surface area contributed by atoms with E-state index in [2.05, 4.69) is 15.3 Å². The van der Waals surface area contributed by atoms with Crippen molar-refractivity contribution in [3.8, 4) is 11.4 Å². The number of amides is 1. The third kappa shape index (κ3) is 4.36. The maximum atomic E-state index is 12.9. The maximum absolute atomic E-state index is 12.9. The van der Waals surface area contributed by atoms with Crippen LogP contribution in [0.25, 0.3) is 11.4 Å². The summed E-state index contributed by atoms with van der Waals surface area (Å²) in [6.07, 6.45) is 4.77. The number of ketones is 1. The normalized spacial score (nSPS) is 10.8. The number of benzene rings is 1. The summed E-state index contributed by atoms with van der Waals surface area (Å²) in [5.41, 5.74) is 0.810. The standard InChI is InChI=1S/C23H19N5O4/c1-15(29)17-6-8-18(9-7-17)25-20(30)14-27-11-3-5-19-21(27)26-23(32)28(22(19)31)13-16-4-2-10-24-12-16/h2-12H,13-14H2,1H3,(H,25,30). The van der Waals surface area contributed by atoms with Gasteiger partial charge in [0.25, 0.3) is 5.56 Å². The number of hydrogen-bond acceptors (Lipinski definition) is 6. The van der Waals surface area contributed by atoms with Crippen LogP contribution in [-0.2, 0) is 17.9 Å². The van der Waals surface area contributed by atoms with Gasteiger partial charge in [0.2, 0.25) is 5.91 Å². The molecule has 1 N–H and O–H groups in total. The first kappa shape index (κ1) is 20.9. The van der Waals surface area contributed by atoms with Gasteiger partial charge in [-0.3, -0.25) is 23.9 Å². The van der Waals surface area contributed by atoms with Gasteiger partial charge in [-0.05, 0) is 55.0 Å². The molecular weight excluding hydrogens is 410 g/mol. The Hall–Kier alpha value is -4.40. The molecule has 1 aromatic heterocycles. The average Bonchev–Trinajstić information content (AvgIpc) is 2.78. The van der Waals surface area contributed by atoms with E-state index in [9.17, 15) is 19.2 Å². The molecule has 1 amide bonds. The molecule has 0 bridgehead atoms. The second-order valence-corrected chi connectivity index (χ2v) is 7.20. The van der Waals surface area contributed by atoms with Crippen LogP contribution in [0.2, 0.25) is 0 Å². The van der Waals surface area contributed by atoms with Crippen molar-refractivity contribution in [1.29, 1.82) is 0 Å². The zero-order valence-electron chi connectivity index (χ0n) is 17.2. The van der Waals surface area contributed by atoms with Gasteiger partial charge in [0.05, 0.1) is 12.1 Å². The van der Waals surface area contributed by atoms with E-state index < -0.39 is 11.2 Å². The predicted octanol–water partition coefficient (Wildman–Crippen LogP) is 1.79. The lowest BCUT2D eigenvalue weighted by atomic mass is 10.1. The van der Waals surface area contributed by atoms with Gasteiger partial charge >= 0.3 is 5.69 Å². The van der Waals surface area contributed by atoms with Gasteiger partial charge < -0.3 is 9.88 Å². The molecule has 32 heavy (non-hydrogen) atoms. The topological polar surface area (TPSA) is 116 Å². The van der Waals surface area contributed by atoms with Crippen molar-refractivity contribution in [2.24, 2.45) is 0 Å². The first-order chi connectivity index (χ1) is 15.4. The van der Waals surface area contributed by atoms with Gasteiger partial charge in [0.15, 0.2) is 11.6 Å². The summed E-state index contributed by atoms with van der Waals surface area (Å²) >= 11 is 0. The number of carbonyl (C=O) groups excluding carboxylic acids is 2. The lowest BCUT2D eigenvalue weighted by molar-refractivity contribution is -0.116. The predicted molar refractivity (Wildman–Crippen MR) is 118 cm³/mol. The molecule has 1 aromatic carbocycles. The number of aromatic nitrogens is 4. The molecule has 2 aliphatic rings. The zero-order valence-corrected chi connectivity index (χ0v) is 17.2. The van der Waals surface area contributed by atoms with Gasteiger partial charge in [-0.25, -0.2) is 4.79 Å². The summed E-state index contributed by atoms with van der Waals surface area (Å²) in [7, 11) is 0. The second-order valence-electron chi connectivity index (χ2n) is 7.20. The minimum atomic E-state index is -0.702. The Balaban J connectivity index is 1.59. The van der Waals surface area contributed by atoms with Crippen LogP contribution in [0.3, 0.4) is 0 Å². The minimum Gasteiger partial charge on any atom is -0.325 e. The van der Waals surface area contributed by atoms with E-state index in [1.165, 1.54) is 11.5 Å². The van der Waals surface area contributed by atoms with E-state index in [4.69, 9.17) is 0 Å². The molecule has 0 spiro atoms. The lowest BCUT2D eigenvalue weighted by Crippen LogP contribution is -2.38. The van der Waals surface area contributed by atoms with Gasteiger partial charge in [0.1, 0.15) is 6.54 Å². The molecule has 0 saturated heterocycles. The highest BCUT2D eigenvalue weighted by atomic mass is 16.2. The number of pyridine rings is 2. The molecule has 4 rings (SSSR count). The first-order valence-electron chi connectivity index (χ1n) is 9.82. The summed E-state index contributed by atoms with van der Waals surface area (Å²) in [5, 5.41) is 2.73. The van der Waals surface area contributed by atoms with Crippen LogP contribution in [0.5, 0.6) is 0 Å². The molecular formula is C23H19N5O4. The molecule has 2 aromatic rings. The van der Waals surface area contributed by atoms with Gasteiger partial charge in [-0.1, -0.05) is 6.07 Å². The average molecular weight is 429 g/mol. The molecule has 0 fully saturated rings. The number of fused-ring (bicyclic) bond motifs is 1. The second kappa shape index (κ2) is 8.76. The van der Waals surface area contributed by atoms with E-state index in [0.717, 1.165) is 4.57 Å². The first-order valence-corrected chi connectivity index (χ1v) is 9.82. The number of hydrogen-bond donors (Lipinski definition) is 1. The van der Waals surface area contributed by atoms with Crippen molar-refractivity contribution >= 4 is 17.4 Å². The highest BCUT2D eigenvalue weighted by molar-refractivity contribution is 5.95. The molecule has 0 aliphatic carbocycles. The number of Topliss-reactive ketones (excluding diaryl/α,β-unsaturated/α-hetero) is 1. The van der Waals surface area contributed by atoms with E-state index in [-0.39, 0.29) is 36.2 Å². The van der Waals surface area contributed by atoms with E-state index in [1.54, 1.807) is 67.1 Å². The SMILES string of the molecule is CC(=O)c1ccc(NC(=O)Cn2cccc3c(=O)n(Cc4cccnc4)c(=O)nc2-3)cc1. The smallest absolute Gasteiger partial charge is 0.325 e. The minimum absolute atomic E-state index is 0.0556. The lowest BCUT2D eigenvalue weighted by Gasteiger charge is -2.15. The number of anilines is 1. The number of nitrogens with one attached hydrogen (secondary N) is 1. The van der Waals surface area contributed by atoms with Crippen LogP contribution in [0.1, 0.15) is 22.8 Å². The van der Waals surface area contributed by atoms with Crippen LogP contribution < -0.4 is 16.6 Å². The van der Waals surface area contributed by atoms with Gasteiger partial charge in [0, 0.05) is 29.8 Å². The molecule has 3 heterocycles. The van der Waals surface area contributed by atoms with Crippen LogP contribution in [0.4, 0.5) is 5.69 Å². The largest absolute Gasteiger partial charge is 0.352 e. The van der Waals surface area contributed by atoms with Crippen molar-refractivity contribution in [2.75, 3.05) is 5.32 Å². The monoisotopic (exact) mass is 429 g/mol. The number of nitrogens with zero attached hydrogens (tertiary/aromatic N) is 4. The Morgan fingerprint density at radius 2 is 1.81 bits per heavy atom. The maximum Gasteiger partial charge on any atom is 0.352 e. The molecule has 9 nitrogen and oxygen atoms in total. The van der Waals surface area contributed by atoms with E-state index in [0.29, 0.717) is 16.8 Å². The van der Waals surface area contributed by atoms with Crippen molar-refractivity contribution in [3.63, 3.8) is 0 Å². The zero-order chi connectivity index (χ0) is 22.7. The van der Waals surface area contributed by atoms with Crippen molar-refractivity contribution < 1.29 is 9.59 Å². The molecule has 2 aliphatic heterocycles. The Morgan fingerprint density at radius 1 is 1.03 bits per heavy atom. The quantitative estimate of drug-likeness (QED) is 0.467. The van der Waals surface area contributed by atoms with Crippen molar-refractivity contribution in [2.45, 2.75) is 20.0 Å². The van der Waals surface area contributed by atoms with Crippen LogP contribution in [-0.4, -0.2) is 30.8 Å². The highest BCUT2D eigenvalue weighted by Gasteiger charge is 2.18.